The number of benzene rings is 1. The van der Waals surface area contributed by atoms with Gasteiger partial charge in [0.15, 0.2) is 0 Å². The molecule has 2 aromatic rings. The second-order valence-corrected chi connectivity index (χ2v) is 5.05. The van der Waals surface area contributed by atoms with Crippen LogP contribution in [0.2, 0.25) is 5.02 Å². The summed E-state index contributed by atoms with van der Waals surface area (Å²) in [6, 6.07) is 6.13. The van der Waals surface area contributed by atoms with E-state index in [1.165, 1.54) is 0 Å². The highest BCUT2D eigenvalue weighted by molar-refractivity contribution is 6.31. The number of aromatic nitrogens is 2. The molecular weight excluding hydrogens is 260 g/mol. The van der Waals surface area contributed by atoms with Crippen molar-refractivity contribution in [3.63, 3.8) is 0 Å². The average molecular weight is 279 g/mol. The minimum Gasteiger partial charge on any atom is -0.487 e. The highest BCUT2D eigenvalue weighted by atomic mass is 35.5. The van der Waals surface area contributed by atoms with Crippen molar-refractivity contribution in [1.29, 1.82) is 0 Å². The molecule has 0 aliphatic heterocycles. The predicted molar refractivity (Wildman–Crippen MR) is 77.9 cm³/mol. The van der Waals surface area contributed by atoms with E-state index >= 15 is 0 Å². The fraction of sp³-hybridized carbons (Fsp3) is 0.400. The first-order chi connectivity index (χ1) is 9.04. The maximum atomic E-state index is 6.28. The van der Waals surface area contributed by atoms with Gasteiger partial charge in [-0.3, -0.25) is 4.68 Å². The molecule has 0 atom stereocenters. The maximum absolute atomic E-state index is 6.28. The number of para-hydroxylation sites is 1. The van der Waals surface area contributed by atoms with Crippen LogP contribution in [0, 0.1) is 20.8 Å². The fourth-order valence-corrected chi connectivity index (χ4v) is 2.36. The first-order valence-electron chi connectivity index (χ1n) is 6.45. The molecule has 0 saturated carbocycles. The van der Waals surface area contributed by atoms with E-state index in [0.29, 0.717) is 11.6 Å². The van der Waals surface area contributed by atoms with Crippen LogP contribution < -0.4 is 4.74 Å². The molecule has 0 saturated heterocycles. The molecule has 1 aromatic heterocycles. The van der Waals surface area contributed by atoms with Crippen LogP contribution in [0.25, 0.3) is 0 Å². The molecule has 102 valence electrons. The van der Waals surface area contributed by atoms with Gasteiger partial charge in [0.1, 0.15) is 12.4 Å². The molecule has 1 heterocycles. The standard InChI is InChI=1S/C15H19ClN2O/c1-5-18-13(14(16)12(4)17-18)9-19-15-10(2)7-6-8-11(15)3/h6-8H,5,9H2,1-4H3. The van der Waals surface area contributed by atoms with Crippen LogP contribution in [-0.4, -0.2) is 9.78 Å². The number of hydrogen-bond donors (Lipinski definition) is 0. The summed E-state index contributed by atoms with van der Waals surface area (Å²) >= 11 is 6.28. The van der Waals surface area contributed by atoms with E-state index in [1.807, 2.05) is 50.6 Å². The molecule has 0 aliphatic rings. The molecule has 0 amide bonds. The minimum atomic E-state index is 0.444. The van der Waals surface area contributed by atoms with Crippen LogP contribution in [0.15, 0.2) is 18.2 Å². The van der Waals surface area contributed by atoms with E-state index < -0.39 is 0 Å². The molecule has 1 aromatic carbocycles. The van der Waals surface area contributed by atoms with Crippen molar-refractivity contribution in [2.24, 2.45) is 0 Å². The number of ether oxygens (including phenoxy) is 1. The Kier molecular flexibility index (Phi) is 4.15. The third kappa shape index (κ3) is 2.76. The Morgan fingerprint density at radius 1 is 1.21 bits per heavy atom. The minimum absolute atomic E-state index is 0.444. The Morgan fingerprint density at radius 3 is 2.42 bits per heavy atom. The summed E-state index contributed by atoms with van der Waals surface area (Å²) in [6.07, 6.45) is 0. The van der Waals surface area contributed by atoms with Gasteiger partial charge in [0, 0.05) is 6.54 Å². The zero-order chi connectivity index (χ0) is 14.0. The molecule has 0 fully saturated rings. The van der Waals surface area contributed by atoms with Gasteiger partial charge in [0.05, 0.1) is 16.4 Å². The van der Waals surface area contributed by atoms with E-state index in [0.717, 1.165) is 34.8 Å². The summed E-state index contributed by atoms with van der Waals surface area (Å²) in [5.74, 6) is 0.931. The van der Waals surface area contributed by atoms with E-state index in [9.17, 15) is 0 Å². The van der Waals surface area contributed by atoms with Gasteiger partial charge in [0.2, 0.25) is 0 Å². The van der Waals surface area contributed by atoms with Crippen molar-refractivity contribution in [3.8, 4) is 5.75 Å². The van der Waals surface area contributed by atoms with Crippen LogP contribution in [-0.2, 0) is 13.2 Å². The largest absolute Gasteiger partial charge is 0.487 e. The SMILES string of the molecule is CCn1nc(C)c(Cl)c1COc1c(C)cccc1C. The molecule has 3 nitrogen and oxygen atoms in total. The lowest BCUT2D eigenvalue weighted by molar-refractivity contribution is 0.288. The van der Waals surface area contributed by atoms with Gasteiger partial charge in [-0.1, -0.05) is 29.8 Å². The predicted octanol–water partition coefficient (Wildman–Crippen LogP) is 4.06. The van der Waals surface area contributed by atoms with Gasteiger partial charge in [0.25, 0.3) is 0 Å². The molecule has 2 rings (SSSR count). The monoisotopic (exact) mass is 278 g/mol. The molecule has 4 heteroatoms. The number of halogens is 1. The highest BCUT2D eigenvalue weighted by Gasteiger charge is 2.14. The normalized spacial score (nSPS) is 10.8. The molecule has 19 heavy (non-hydrogen) atoms. The van der Waals surface area contributed by atoms with Gasteiger partial charge in [-0.2, -0.15) is 5.10 Å². The third-order valence-electron chi connectivity index (χ3n) is 3.21. The van der Waals surface area contributed by atoms with Crippen molar-refractivity contribution in [2.75, 3.05) is 0 Å². The third-order valence-corrected chi connectivity index (χ3v) is 3.71. The quantitative estimate of drug-likeness (QED) is 0.843. The van der Waals surface area contributed by atoms with Crippen molar-refractivity contribution in [3.05, 3.63) is 45.7 Å². The first-order valence-corrected chi connectivity index (χ1v) is 6.83. The fourth-order valence-electron chi connectivity index (χ4n) is 2.17. The molecule has 0 aliphatic carbocycles. The summed E-state index contributed by atoms with van der Waals surface area (Å²) < 4.78 is 7.84. The van der Waals surface area contributed by atoms with E-state index in [4.69, 9.17) is 16.3 Å². The zero-order valence-electron chi connectivity index (χ0n) is 11.8. The second-order valence-electron chi connectivity index (χ2n) is 4.67. The summed E-state index contributed by atoms with van der Waals surface area (Å²) in [5.41, 5.74) is 4.05. The van der Waals surface area contributed by atoms with E-state index in [1.54, 1.807) is 0 Å². The number of aryl methyl sites for hydroxylation is 4. The lowest BCUT2D eigenvalue weighted by Crippen LogP contribution is -2.07. The Labute approximate surface area is 119 Å². The van der Waals surface area contributed by atoms with Crippen molar-refractivity contribution < 1.29 is 4.74 Å². The van der Waals surface area contributed by atoms with Crippen LogP contribution in [0.4, 0.5) is 0 Å². The molecule has 0 radical (unpaired) electrons. The zero-order valence-corrected chi connectivity index (χ0v) is 12.6. The number of nitrogens with zero attached hydrogens (tertiary/aromatic N) is 2. The summed E-state index contributed by atoms with van der Waals surface area (Å²) in [6.45, 7) is 9.29. The lowest BCUT2D eigenvalue weighted by atomic mass is 10.1. The van der Waals surface area contributed by atoms with Crippen LogP contribution in [0.3, 0.4) is 0 Å². The smallest absolute Gasteiger partial charge is 0.131 e. The van der Waals surface area contributed by atoms with Gasteiger partial charge >= 0.3 is 0 Å². The van der Waals surface area contributed by atoms with Gasteiger partial charge in [-0.25, -0.2) is 0 Å². The Balaban J connectivity index is 2.24. The van der Waals surface area contributed by atoms with Crippen molar-refractivity contribution in [1.82, 2.24) is 9.78 Å². The second kappa shape index (κ2) is 5.66. The van der Waals surface area contributed by atoms with Crippen molar-refractivity contribution in [2.45, 2.75) is 40.8 Å². The maximum Gasteiger partial charge on any atom is 0.131 e. The van der Waals surface area contributed by atoms with E-state index in [2.05, 4.69) is 5.10 Å². The van der Waals surface area contributed by atoms with Gasteiger partial charge in [-0.15, -0.1) is 0 Å². The topological polar surface area (TPSA) is 27.1 Å². The number of hydrogen-bond acceptors (Lipinski definition) is 2. The lowest BCUT2D eigenvalue weighted by Gasteiger charge is -2.12. The molecule has 0 bridgehead atoms. The Hall–Kier alpha value is -1.48. The van der Waals surface area contributed by atoms with Gasteiger partial charge in [-0.05, 0) is 38.8 Å². The number of rotatable bonds is 4. The molecule has 0 spiro atoms. The summed E-state index contributed by atoms with van der Waals surface area (Å²) in [5, 5.41) is 5.09. The van der Waals surface area contributed by atoms with Crippen molar-refractivity contribution >= 4 is 11.6 Å². The molecule has 0 unspecified atom stereocenters. The molecule has 0 N–H and O–H groups in total. The van der Waals surface area contributed by atoms with Gasteiger partial charge < -0.3 is 4.74 Å². The van der Waals surface area contributed by atoms with Crippen LogP contribution in [0.5, 0.6) is 5.75 Å². The van der Waals surface area contributed by atoms with Crippen LogP contribution >= 0.6 is 11.6 Å². The van der Waals surface area contributed by atoms with E-state index in [-0.39, 0.29) is 0 Å². The summed E-state index contributed by atoms with van der Waals surface area (Å²) in [4.78, 5) is 0. The van der Waals surface area contributed by atoms with Crippen LogP contribution in [0.1, 0.15) is 29.4 Å². The Morgan fingerprint density at radius 2 is 1.84 bits per heavy atom. The first kappa shape index (κ1) is 13.9. The highest BCUT2D eigenvalue weighted by Crippen LogP contribution is 2.26. The average Bonchev–Trinajstić information content (AvgIpc) is 2.65. The summed E-state index contributed by atoms with van der Waals surface area (Å²) in [7, 11) is 0. The molecular formula is C15H19ClN2O. The Bertz CT molecular complexity index is 570.